The highest BCUT2D eigenvalue weighted by atomic mass is 19.1. The Kier molecular flexibility index (Phi) is 9.13. The summed E-state index contributed by atoms with van der Waals surface area (Å²) < 4.78 is 31.9. The molecule has 1 atom stereocenters. The van der Waals surface area contributed by atoms with E-state index < -0.39 is 23.9 Å². The summed E-state index contributed by atoms with van der Waals surface area (Å²) in [7, 11) is 0. The van der Waals surface area contributed by atoms with Crippen molar-refractivity contribution in [2.24, 2.45) is 0 Å². The number of halogens is 2. The van der Waals surface area contributed by atoms with Crippen molar-refractivity contribution < 1.29 is 28.2 Å². The van der Waals surface area contributed by atoms with Crippen molar-refractivity contribution in [3.63, 3.8) is 0 Å². The molecule has 1 unspecified atom stereocenters. The monoisotopic (exact) mass is 368 g/mol. The molecule has 1 aliphatic rings. The van der Waals surface area contributed by atoms with Gasteiger partial charge >= 0.3 is 5.97 Å². The van der Waals surface area contributed by atoms with Gasteiger partial charge in [-0.05, 0) is 52.9 Å². The highest BCUT2D eigenvalue weighted by Crippen LogP contribution is 2.28. The molecule has 1 N–H and O–H groups in total. The van der Waals surface area contributed by atoms with Crippen molar-refractivity contribution in [1.82, 2.24) is 0 Å². The number of aliphatic hydroxyl groups is 1. The van der Waals surface area contributed by atoms with E-state index in [2.05, 4.69) is 10.8 Å². The summed E-state index contributed by atoms with van der Waals surface area (Å²) >= 11 is 0. The standard InChI is InChI=1S/C20H26F2O4/c1-13(2)6-4-7-14(3)8-5-9-15(12-23)17(21)11-10-16-18(22)20(25)26-19(16)24/h6,8,12,19,24H,4-5,7,9-11H2,1-3H3/b14-8+,17-15-. The van der Waals surface area contributed by atoms with Crippen molar-refractivity contribution in [2.75, 3.05) is 0 Å². The highest BCUT2D eigenvalue weighted by molar-refractivity contribution is 5.89. The largest absolute Gasteiger partial charge is 0.426 e. The Balaban J connectivity index is 2.56. The molecule has 0 aromatic rings. The van der Waals surface area contributed by atoms with E-state index in [1.807, 2.05) is 26.8 Å². The lowest BCUT2D eigenvalue weighted by Gasteiger charge is -2.07. The fraction of sp³-hybridized carbons (Fsp3) is 0.500. The molecule has 1 heterocycles. The fourth-order valence-corrected chi connectivity index (χ4v) is 2.53. The Bertz CT molecular complexity index is 653. The zero-order valence-electron chi connectivity index (χ0n) is 15.5. The van der Waals surface area contributed by atoms with Crippen molar-refractivity contribution in [1.29, 1.82) is 0 Å². The molecule has 1 rings (SSSR count). The summed E-state index contributed by atoms with van der Waals surface area (Å²) in [6, 6.07) is 0. The Morgan fingerprint density at radius 3 is 2.35 bits per heavy atom. The van der Waals surface area contributed by atoms with Gasteiger partial charge in [-0.2, -0.15) is 4.39 Å². The molecule has 0 aromatic carbocycles. The molecule has 0 aromatic heterocycles. The fourth-order valence-electron chi connectivity index (χ4n) is 2.53. The third kappa shape index (κ3) is 7.04. The van der Waals surface area contributed by atoms with Crippen molar-refractivity contribution in [3.8, 4) is 0 Å². The topological polar surface area (TPSA) is 63.6 Å². The normalized spacial score (nSPS) is 18.6. The van der Waals surface area contributed by atoms with Crippen LogP contribution in [0.3, 0.4) is 0 Å². The van der Waals surface area contributed by atoms with E-state index in [1.54, 1.807) is 0 Å². The lowest BCUT2D eigenvalue weighted by molar-refractivity contribution is -0.153. The van der Waals surface area contributed by atoms with Crippen LogP contribution in [-0.4, -0.2) is 23.7 Å². The number of allylic oxidation sites excluding steroid dienone is 6. The van der Waals surface area contributed by atoms with Gasteiger partial charge in [-0.25, -0.2) is 9.18 Å². The van der Waals surface area contributed by atoms with Crippen LogP contribution in [0.15, 0.2) is 46.1 Å². The van der Waals surface area contributed by atoms with E-state index >= 15 is 0 Å². The molecule has 0 radical (unpaired) electrons. The molecule has 0 fully saturated rings. The highest BCUT2D eigenvalue weighted by Gasteiger charge is 2.33. The van der Waals surface area contributed by atoms with Gasteiger partial charge in [0.25, 0.3) is 0 Å². The SMILES string of the molecule is CC(C)=CCC/C(C)=C/CC/C(C=O)=C(/F)CCC1=C(F)C(=O)OC1O. The van der Waals surface area contributed by atoms with Gasteiger partial charge in [-0.1, -0.05) is 23.3 Å². The predicted molar refractivity (Wildman–Crippen MR) is 95.3 cm³/mol. The van der Waals surface area contributed by atoms with Gasteiger partial charge in [-0.15, -0.1) is 0 Å². The number of esters is 1. The average Bonchev–Trinajstić information content (AvgIpc) is 2.81. The van der Waals surface area contributed by atoms with Crippen LogP contribution >= 0.6 is 0 Å². The smallest absolute Gasteiger partial charge is 0.369 e. The molecule has 26 heavy (non-hydrogen) atoms. The Hall–Kier alpha value is -2.08. The third-order valence-corrected chi connectivity index (χ3v) is 4.08. The molecular weight excluding hydrogens is 342 g/mol. The van der Waals surface area contributed by atoms with Gasteiger partial charge < -0.3 is 9.84 Å². The number of carbonyl (C=O) groups is 2. The molecule has 0 saturated carbocycles. The molecule has 0 aliphatic carbocycles. The van der Waals surface area contributed by atoms with Crippen LogP contribution in [0, 0.1) is 0 Å². The van der Waals surface area contributed by atoms with Gasteiger partial charge in [0.2, 0.25) is 12.1 Å². The third-order valence-electron chi connectivity index (χ3n) is 4.08. The molecule has 4 nitrogen and oxygen atoms in total. The number of aldehydes is 1. The first kappa shape index (κ1) is 22.0. The lowest BCUT2D eigenvalue weighted by atomic mass is 10.0. The average molecular weight is 368 g/mol. The predicted octanol–water partition coefficient (Wildman–Crippen LogP) is 4.76. The molecule has 0 spiro atoms. The molecule has 0 bridgehead atoms. The van der Waals surface area contributed by atoms with Crippen LogP contribution in [0.1, 0.15) is 59.3 Å². The van der Waals surface area contributed by atoms with E-state index in [9.17, 15) is 23.5 Å². The number of ether oxygens (including phenoxy) is 1. The summed E-state index contributed by atoms with van der Waals surface area (Å²) in [5.41, 5.74) is 2.16. The summed E-state index contributed by atoms with van der Waals surface area (Å²) in [5, 5.41) is 9.39. The van der Waals surface area contributed by atoms with Gasteiger partial charge in [-0.3, -0.25) is 4.79 Å². The molecule has 1 aliphatic heterocycles. The first-order chi connectivity index (χ1) is 12.3. The summed E-state index contributed by atoms with van der Waals surface area (Å²) in [4.78, 5) is 22.1. The second kappa shape index (κ2) is 10.8. The zero-order chi connectivity index (χ0) is 19.7. The number of carbonyl (C=O) groups excluding carboxylic acids is 2. The lowest BCUT2D eigenvalue weighted by Crippen LogP contribution is -2.10. The summed E-state index contributed by atoms with van der Waals surface area (Å²) in [6.45, 7) is 6.07. The van der Waals surface area contributed by atoms with E-state index in [0.29, 0.717) is 12.7 Å². The number of hydrogen-bond acceptors (Lipinski definition) is 4. The minimum atomic E-state index is -1.68. The van der Waals surface area contributed by atoms with E-state index in [-0.39, 0.29) is 30.4 Å². The number of hydrogen-bond donors (Lipinski definition) is 1. The van der Waals surface area contributed by atoms with Gasteiger partial charge in [0, 0.05) is 17.6 Å². The van der Waals surface area contributed by atoms with E-state index in [1.165, 1.54) is 11.1 Å². The maximum absolute atomic E-state index is 14.2. The van der Waals surface area contributed by atoms with Crippen molar-refractivity contribution >= 4 is 12.3 Å². The van der Waals surface area contributed by atoms with E-state index in [4.69, 9.17) is 0 Å². The molecule has 0 amide bonds. The molecular formula is C20H26F2O4. The molecule has 0 saturated heterocycles. The summed E-state index contributed by atoms with van der Waals surface area (Å²) in [6.07, 6.45) is 5.04. The van der Waals surface area contributed by atoms with Crippen molar-refractivity contribution in [3.05, 3.63) is 46.1 Å². The van der Waals surface area contributed by atoms with Crippen LogP contribution in [0.2, 0.25) is 0 Å². The minimum Gasteiger partial charge on any atom is -0.426 e. The Morgan fingerprint density at radius 1 is 1.15 bits per heavy atom. The quantitative estimate of drug-likeness (QED) is 0.261. The van der Waals surface area contributed by atoms with Crippen LogP contribution in [-0.2, 0) is 14.3 Å². The zero-order valence-corrected chi connectivity index (χ0v) is 15.5. The van der Waals surface area contributed by atoms with Crippen molar-refractivity contribution in [2.45, 2.75) is 65.6 Å². The van der Waals surface area contributed by atoms with Gasteiger partial charge in [0.05, 0.1) is 0 Å². The van der Waals surface area contributed by atoms with Crippen LogP contribution < -0.4 is 0 Å². The minimum absolute atomic E-state index is 0.0130. The van der Waals surface area contributed by atoms with Gasteiger partial charge in [0.15, 0.2) is 0 Å². The first-order valence-electron chi connectivity index (χ1n) is 8.65. The maximum atomic E-state index is 14.2. The molecule has 144 valence electrons. The van der Waals surface area contributed by atoms with E-state index in [0.717, 1.165) is 12.8 Å². The second-order valence-electron chi connectivity index (χ2n) is 6.55. The maximum Gasteiger partial charge on any atom is 0.369 e. The van der Waals surface area contributed by atoms with Gasteiger partial charge in [0.1, 0.15) is 12.1 Å². The first-order valence-corrected chi connectivity index (χ1v) is 8.65. The Morgan fingerprint density at radius 2 is 1.81 bits per heavy atom. The number of rotatable bonds is 10. The second-order valence-corrected chi connectivity index (χ2v) is 6.55. The molecule has 6 heteroatoms. The van der Waals surface area contributed by atoms with Crippen LogP contribution in [0.5, 0.6) is 0 Å². The number of cyclic esters (lactones) is 1. The Labute approximate surface area is 152 Å². The number of aliphatic hydroxyl groups excluding tert-OH is 1. The summed E-state index contributed by atoms with van der Waals surface area (Å²) in [5.74, 6) is -3.10. The van der Waals surface area contributed by atoms with Crippen LogP contribution in [0.25, 0.3) is 0 Å². The van der Waals surface area contributed by atoms with Crippen LogP contribution in [0.4, 0.5) is 8.78 Å².